The van der Waals surface area contributed by atoms with Gasteiger partial charge >= 0.3 is 0 Å². The Kier molecular flexibility index (Phi) is 5.74. The zero-order valence-corrected chi connectivity index (χ0v) is 16.3. The minimum atomic E-state index is 0.567. The van der Waals surface area contributed by atoms with E-state index >= 15 is 0 Å². The summed E-state index contributed by atoms with van der Waals surface area (Å²) in [5.41, 5.74) is 4.32. The Hall–Kier alpha value is -2.32. The SMILES string of the molecule is O=CCC1=CCSC=C1.c1ccc2c(c1)ccc1c3c(ccc12)CCCC3. The third kappa shape index (κ3) is 4.01. The summed E-state index contributed by atoms with van der Waals surface area (Å²) < 4.78 is 0. The van der Waals surface area contributed by atoms with Gasteiger partial charge in [0.1, 0.15) is 6.29 Å². The highest BCUT2D eigenvalue weighted by Gasteiger charge is 2.13. The van der Waals surface area contributed by atoms with Gasteiger partial charge in [-0.1, -0.05) is 60.7 Å². The number of thioether (sulfide) groups is 1. The van der Waals surface area contributed by atoms with Gasteiger partial charge in [-0.15, -0.1) is 11.8 Å². The van der Waals surface area contributed by atoms with Crippen LogP contribution in [-0.4, -0.2) is 12.0 Å². The second-order valence-electron chi connectivity index (χ2n) is 7.08. The molecule has 2 aliphatic rings. The molecule has 0 saturated carbocycles. The molecule has 0 spiro atoms. The lowest BCUT2D eigenvalue weighted by molar-refractivity contribution is -0.107. The molecule has 0 bridgehead atoms. The zero-order chi connectivity index (χ0) is 18.5. The lowest BCUT2D eigenvalue weighted by Gasteiger charge is -2.18. The van der Waals surface area contributed by atoms with Crippen molar-refractivity contribution >= 4 is 39.6 Å². The van der Waals surface area contributed by atoms with Crippen molar-refractivity contribution in [2.24, 2.45) is 0 Å². The number of aryl methyl sites for hydroxylation is 2. The van der Waals surface area contributed by atoms with E-state index in [4.69, 9.17) is 0 Å². The molecule has 0 amide bonds. The Morgan fingerprint density at radius 2 is 1.74 bits per heavy atom. The van der Waals surface area contributed by atoms with Crippen LogP contribution in [0.5, 0.6) is 0 Å². The fraction of sp³-hybridized carbons (Fsp3) is 0.240. The van der Waals surface area contributed by atoms with Gasteiger partial charge in [0.2, 0.25) is 0 Å². The number of rotatable bonds is 2. The summed E-state index contributed by atoms with van der Waals surface area (Å²) >= 11 is 1.75. The van der Waals surface area contributed by atoms with Crippen LogP contribution in [0.25, 0.3) is 21.5 Å². The average molecular weight is 373 g/mol. The van der Waals surface area contributed by atoms with E-state index in [1.54, 1.807) is 22.9 Å². The smallest absolute Gasteiger partial charge is 0.124 e. The van der Waals surface area contributed by atoms with Gasteiger partial charge in [-0.3, -0.25) is 0 Å². The van der Waals surface area contributed by atoms with Crippen molar-refractivity contribution in [2.45, 2.75) is 32.1 Å². The average Bonchev–Trinajstić information content (AvgIpc) is 2.75. The summed E-state index contributed by atoms with van der Waals surface area (Å²) in [6.45, 7) is 0. The Morgan fingerprint density at radius 3 is 2.59 bits per heavy atom. The maximum Gasteiger partial charge on any atom is 0.124 e. The summed E-state index contributed by atoms with van der Waals surface area (Å²) in [7, 11) is 0. The largest absolute Gasteiger partial charge is 0.303 e. The lowest BCUT2D eigenvalue weighted by Crippen LogP contribution is -2.02. The van der Waals surface area contributed by atoms with E-state index < -0.39 is 0 Å². The molecule has 5 rings (SSSR count). The van der Waals surface area contributed by atoms with Crippen LogP contribution < -0.4 is 0 Å². The number of benzene rings is 3. The van der Waals surface area contributed by atoms with Crippen LogP contribution in [0.1, 0.15) is 30.4 Å². The van der Waals surface area contributed by atoms with Gasteiger partial charge < -0.3 is 4.79 Å². The van der Waals surface area contributed by atoms with Crippen LogP contribution in [0.15, 0.2) is 71.7 Å². The molecule has 1 aliphatic carbocycles. The van der Waals surface area contributed by atoms with Crippen LogP contribution in [0.2, 0.25) is 0 Å². The lowest BCUT2D eigenvalue weighted by atomic mass is 9.86. The molecule has 3 aromatic carbocycles. The van der Waals surface area contributed by atoms with E-state index in [1.165, 1.54) is 47.2 Å². The summed E-state index contributed by atoms with van der Waals surface area (Å²) in [6, 6.07) is 18.0. The van der Waals surface area contributed by atoms with E-state index in [9.17, 15) is 4.79 Å². The molecular weight excluding hydrogens is 348 g/mol. The topological polar surface area (TPSA) is 17.1 Å². The van der Waals surface area contributed by atoms with Crippen LogP contribution in [-0.2, 0) is 17.6 Å². The normalized spacial score (nSPS) is 15.6. The molecule has 0 N–H and O–H groups in total. The monoisotopic (exact) mass is 372 g/mol. The molecule has 1 aliphatic heterocycles. The summed E-state index contributed by atoms with van der Waals surface area (Å²) in [5.74, 6) is 1.01. The van der Waals surface area contributed by atoms with Gasteiger partial charge in [-0.25, -0.2) is 0 Å². The van der Waals surface area contributed by atoms with Crippen molar-refractivity contribution in [1.82, 2.24) is 0 Å². The number of hydrogen-bond donors (Lipinski definition) is 0. The summed E-state index contributed by atoms with van der Waals surface area (Å²) in [5, 5.41) is 7.67. The quantitative estimate of drug-likeness (QED) is 0.371. The molecule has 3 aromatic rings. The predicted molar refractivity (Wildman–Crippen MR) is 118 cm³/mol. The van der Waals surface area contributed by atoms with Crippen LogP contribution in [0, 0.1) is 0 Å². The van der Waals surface area contributed by atoms with E-state index in [-0.39, 0.29) is 0 Å². The van der Waals surface area contributed by atoms with Crippen molar-refractivity contribution in [2.75, 3.05) is 5.75 Å². The number of aldehydes is 1. The first-order chi connectivity index (χ1) is 13.4. The molecule has 0 radical (unpaired) electrons. The molecular formula is C25H24OS. The predicted octanol–water partition coefficient (Wildman–Crippen LogP) is 6.63. The number of carbonyl (C=O) groups excluding carboxylic acids is 1. The number of allylic oxidation sites excluding steroid dienone is 2. The molecule has 1 heterocycles. The van der Waals surface area contributed by atoms with Crippen molar-refractivity contribution < 1.29 is 4.79 Å². The molecule has 0 atom stereocenters. The van der Waals surface area contributed by atoms with Crippen LogP contribution in [0.3, 0.4) is 0 Å². The second kappa shape index (κ2) is 8.58. The van der Waals surface area contributed by atoms with Crippen LogP contribution >= 0.6 is 11.8 Å². The van der Waals surface area contributed by atoms with Crippen LogP contribution in [0.4, 0.5) is 0 Å². The van der Waals surface area contributed by atoms with E-state index in [1.807, 2.05) is 11.5 Å². The fourth-order valence-electron chi connectivity index (χ4n) is 4.00. The van der Waals surface area contributed by atoms with E-state index in [0.717, 1.165) is 17.6 Å². The zero-order valence-electron chi connectivity index (χ0n) is 15.5. The third-order valence-electron chi connectivity index (χ3n) is 5.40. The van der Waals surface area contributed by atoms with Gasteiger partial charge in [0, 0.05) is 12.2 Å². The summed E-state index contributed by atoms with van der Waals surface area (Å²) in [6.07, 6.45) is 10.8. The van der Waals surface area contributed by atoms with Crippen molar-refractivity contribution in [3.8, 4) is 0 Å². The standard InChI is InChI=1S/C18H16.C7H8OS/c1-3-7-15-13(5-1)9-11-18-16-8-4-2-6-14(16)10-12-17(15)18;8-4-1-7-2-5-9-6-3-7/h1,3,5,7,9-12H,2,4,6,8H2;2-5H,1,6H2. The number of hydrogen-bond acceptors (Lipinski definition) is 2. The highest BCUT2D eigenvalue weighted by Crippen LogP contribution is 2.33. The number of carbonyl (C=O) groups is 1. The Labute approximate surface area is 165 Å². The minimum Gasteiger partial charge on any atom is -0.303 e. The van der Waals surface area contributed by atoms with E-state index in [0.29, 0.717) is 6.42 Å². The highest BCUT2D eigenvalue weighted by molar-refractivity contribution is 8.02. The first kappa shape index (κ1) is 18.1. The third-order valence-corrected chi connectivity index (χ3v) is 6.08. The minimum absolute atomic E-state index is 0.567. The summed E-state index contributed by atoms with van der Waals surface area (Å²) in [4.78, 5) is 9.99. The molecule has 0 saturated heterocycles. The first-order valence-electron chi connectivity index (χ1n) is 9.70. The molecule has 0 fully saturated rings. The molecule has 27 heavy (non-hydrogen) atoms. The number of fused-ring (bicyclic) bond motifs is 5. The Balaban J connectivity index is 0.000000170. The Bertz CT molecular complexity index is 1030. The maximum absolute atomic E-state index is 9.99. The highest BCUT2D eigenvalue weighted by atomic mass is 32.2. The van der Waals surface area contributed by atoms with Gasteiger partial charge in [-0.2, -0.15) is 0 Å². The van der Waals surface area contributed by atoms with Gasteiger partial charge in [0.25, 0.3) is 0 Å². The first-order valence-corrected chi connectivity index (χ1v) is 10.7. The fourth-order valence-corrected chi connectivity index (χ4v) is 4.70. The van der Waals surface area contributed by atoms with Crippen molar-refractivity contribution in [3.05, 3.63) is 82.8 Å². The molecule has 136 valence electrons. The van der Waals surface area contributed by atoms with Crippen molar-refractivity contribution in [3.63, 3.8) is 0 Å². The molecule has 2 heteroatoms. The van der Waals surface area contributed by atoms with Gasteiger partial charge in [0.05, 0.1) is 0 Å². The molecule has 0 unspecified atom stereocenters. The molecule has 0 aromatic heterocycles. The molecule has 1 nitrogen and oxygen atoms in total. The van der Waals surface area contributed by atoms with E-state index in [2.05, 4.69) is 54.6 Å². The van der Waals surface area contributed by atoms with Gasteiger partial charge in [-0.05, 0) is 69.3 Å². The maximum atomic E-state index is 9.99. The second-order valence-corrected chi connectivity index (χ2v) is 8.02. The van der Waals surface area contributed by atoms with Gasteiger partial charge in [0.15, 0.2) is 0 Å². The van der Waals surface area contributed by atoms with Crippen molar-refractivity contribution in [1.29, 1.82) is 0 Å². The Morgan fingerprint density at radius 1 is 0.889 bits per heavy atom.